The molecule has 5 heteroatoms. The highest BCUT2D eigenvalue weighted by atomic mass is 32.2. The van der Waals surface area contributed by atoms with Gasteiger partial charge in [0.15, 0.2) is 0 Å². The molecule has 1 atom stereocenters. The zero-order valence-corrected chi connectivity index (χ0v) is 13.7. The van der Waals surface area contributed by atoms with Crippen molar-refractivity contribution in [3.8, 4) is 0 Å². The van der Waals surface area contributed by atoms with Crippen molar-refractivity contribution in [3.63, 3.8) is 0 Å². The van der Waals surface area contributed by atoms with Crippen LogP contribution in [0.2, 0.25) is 0 Å². The second-order valence-electron chi connectivity index (χ2n) is 5.20. The first-order valence-corrected chi connectivity index (χ1v) is 8.61. The lowest BCUT2D eigenvalue weighted by molar-refractivity contribution is -0.143. The van der Waals surface area contributed by atoms with E-state index in [9.17, 15) is 13.6 Å². The van der Waals surface area contributed by atoms with Gasteiger partial charge in [0, 0.05) is 6.42 Å². The Morgan fingerprint density at radius 2 is 1.90 bits per heavy atom. The molecule has 1 unspecified atom stereocenters. The van der Waals surface area contributed by atoms with E-state index < -0.39 is 5.92 Å². The molecule has 0 spiro atoms. The van der Waals surface area contributed by atoms with Crippen LogP contribution < -0.4 is 0 Å². The van der Waals surface area contributed by atoms with Crippen LogP contribution in [0.4, 0.5) is 8.78 Å². The van der Waals surface area contributed by atoms with Gasteiger partial charge in [-0.2, -0.15) is 0 Å². The van der Waals surface area contributed by atoms with E-state index >= 15 is 0 Å². The molecule has 0 saturated carbocycles. The van der Waals surface area contributed by atoms with Gasteiger partial charge in [-0.25, -0.2) is 8.78 Å². The molecule has 0 aliphatic carbocycles. The highest BCUT2D eigenvalue weighted by Gasteiger charge is 2.21. The van der Waals surface area contributed by atoms with Crippen LogP contribution in [0.3, 0.4) is 0 Å². The van der Waals surface area contributed by atoms with Crippen LogP contribution in [-0.2, 0) is 9.53 Å². The minimum Gasteiger partial charge on any atom is -0.465 e. The number of ether oxygens (including phenoxy) is 1. The fraction of sp³-hybridized carbons (Fsp3) is 0.933. The second kappa shape index (κ2) is 11.4. The Labute approximate surface area is 126 Å². The highest BCUT2D eigenvalue weighted by Crippen LogP contribution is 2.24. The molecule has 0 rings (SSSR count). The first-order chi connectivity index (χ1) is 9.40. The standard InChI is InChI=1S/C15H28F2O2S/c1-4-6-9-13(14(18)19-11-5-2)20-12-8-7-10-15(3,16)17/h13H,4-12H2,1-3H3. The van der Waals surface area contributed by atoms with Gasteiger partial charge in [-0.05, 0) is 38.4 Å². The molecule has 0 aromatic rings. The van der Waals surface area contributed by atoms with Crippen molar-refractivity contribution < 1.29 is 18.3 Å². The molecular weight excluding hydrogens is 282 g/mol. The molecular formula is C15H28F2O2S. The minimum absolute atomic E-state index is 0.0759. The van der Waals surface area contributed by atoms with Crippen LogP contribution in [0.1, 0.15) is 65.7 Å². The van der Waals surface area contributed by atoms with Crippen molar-refractivity contribution in [1.82, 2.24) is 0 Å². The van der Waals surface area contributed by atoms with Crippen molar-refractivity contribution in [2.75, 3.05) is 12.4 Å². The number of halogens is 2. The molecule has 0 bridgehead atoms. The van der Waals surface area contributed by atoms with Gasteiger partial charge in [0.25, 0.3) is 0 Å². The predicted molar refractivity (Wildman–Crippen MR) is 81.5 cm³/mol. The Bertz CT molecular complexity index is 255. The Morgan fingerprint density at radius 1 is 1.20 bits per heavy atom. The summed E-state index contributed by atoms with van der Waals surface area (Å²) in [5, 5.41) is -0.136. The highest BCUT2D eigenvalue weighted by molar-refractivity contribution is 8.00. The number of carbonyl (C=O) groups is 1. The lowest BCUT2D eigenvalue weighted by Gasteiger charge is -2.15. The molecule has 0 N–H and O–H groups in total. The Hall–Kier alpha value is -0.320. The summed E-state index contributed by atoms with van der Waals surface area (Å²) in [5.41, 5.74) is 0. The molecule has 0 saturated heterocycles. The van der Waals surface area contributed by atoms with Crippen molar-refractivity contribution in [3.05, 3.63) is 0 Å². The summed E-state index contributed by atoms with van der Waals surface area (Å²) in [6.07, 6.45) is 4.81. The molecule has 0 aromatic heterocycles. The number of unbranched alkanes of at least 4 members (excludes halogenated alkanes) is 2. The number of thioether (sulfide) groups is 1. The molecule has 0 aliphatic heterocycles. The number of rotatable bonds is 12. The van der Waals surface area contributed by atoms with Gasteiger partial charge in [0.1, 0.15) is 5.25 Å². The summed E-state index contributed by atoms with van der Waals surface area (Å²) in [5.74, 6) is -1.98. The summed E-state index contributed by atoms with van der Waals surface area (Å²) in [7, 11) is 0. The third-order valence-electron chi connectivity index (χ3n) is 2.86. The predicted octanol–water partition coefficient (Wildman–Crippen LogP) is 5.06. The third kappa shape index (κ3) is 11.5. The van der Waals surface area contributed by atoms with E-state index in [1.165, 1.54) is 0 Å². The number of alkyl halides is 2. The molecule has 0 heterocycles. The van der Waals surface area contributed by atoms with Crippen LogP contribution in [0, 0.1) is 0 Å². The summed E-state index contributed by atoms with van der Waals surface area (Å²) in [6, 6.07) is 0. The van der Waals surface area contributed by atoms with E-state index in [2.05, 4.69) is 6.92 Å². The van der Waals surface area contributed by atoms with Gasteiger partial charge in [-0.15, -0.1) is 11.8 Å². The van der Waals surface area contributed by atoms with Gasteiger partial charge in [-0.1, -0.05) is 26.7 Å². The van der Waals surface area contributed by atoms with E-state index in [1.54, 1.807) is 11.8 Å². The van der Waals surface area contributed by atoms with E-state index in [1.807, 2.05) is 6.92 Å². The maximum Gasteiger partial charge on any atom is 0.319 e. The van der Waals surface area contributed by atoms with Crippen molar-refractivity contribution >= 4 is 17.7 Å². The number of hydrogen-bond donors (Lipinski definition) is 0. The number of carbonyl (C=O) groups excluding carboxylic acids is 1. The molecule has 0 aliphatic rings. The fourth-order valence-electron chi connectivity index (χ4n) is 1.72. The largest absolute Gasteiger partial charge is 0.465 e. The Morgan fingerprint density at radius 3 is 2.45 bits per heavy atom. The van der Waals surface area contributed by atoms with Crippen LogP contribution in [0.25, 0.3) is 0 Å². The maximum atomic E-state index is 12.7. The third-order valence-corrected chi connectivity index (χ3v) is 4.22. The van der Waals surface area contributed by atoms with Gasteiger partial charge in [0.05, 0.1) is 6.61 Å². The van der Waals surface area contributed by atoms with Crippen LogP contribution >= 0.6 is 11.8 Å². The van der Waals surface area contributed by atoms with Crippen molar-refractivity contribution in [2.24, 2.45) is 0 Å². The zero-order valence-electron chi connectivity index (χ0n) is 12.9. The molecule has 120 valence electrons. The summed E-state index contributed by atoms with van der Waals surface area (Å²) >= 11 is 1.55. The molecule has 0 fully saturated rings. The second-order valence-corrected chi connectivity index (χ2v) is 6.51. The van der Waals surface area contributed by atoms with E-state index in [-0.39, 0.29) is 17.6 Å². The zero-order chi connectivity index (χ0) is 15.4. The molecule has 20 heavy (non-hydrogen) atoms. The maximum absolute atomic E-state index is 12.7. The SMILES string of the molecule is CCCCC(SCCCCC(C)(F)F)C(=O)OCCC. The summed E-state index contributed by atoms with van der Waals surface area (Å²) in [6.45, 7) is 5.46. The quantitative estimate of drug-likeness (QED) is 0.372. The summed E-state index contributed by atoms with van der Waals surface area (Å²) in [4.78, 5) is 11.9. The summed E-state index contributed by atoms with van der Waals surface area (Å²) < 4.78 is 30.5. The lowest BCUT2D eigenvalue weighted by atomic mass is 10.2. The Kier molecular flexibility index (Phi) is 11.2. The number of esters is 1. The topological polar surface area (TPSA) is 26.3 Å². The molecule has 0 amide bonds. The van der Waals surface area contributed by atoms with E-state index in [0.717, 1.165) is 44.8 Å². The van der Waals surface area contributed by atoms with Gasteiger partial charge >= 0.3 is 5.97 Å². The number of hydrogen-bond acceptors (Lipinski definition) is 3. The molecule has 2 nitrogen and oxygen atoms in total. The van der Waals surface area contributed by atoms with Crippen molar-refractivity contribution in [1.29, 1.82) is 0 Å². The van der Waals surface area contributed by atoms with E-state index in [4.69, 9.17) is 4.74 Å². The average Bonchev–Trinajstić information content (AvgIpc) is 2.37. The Balaban J connectivity index is 3.94. The van der Waals surface area contributed by atoms with Gasteiger partial charge < -0.3 is 4.74 Å². The van der Waals surface area contributed by atoms with E-state index in [0.29, 0.717) is 13.0 Å². The average molecular weight is 310 g/mol. The van der Waals surface area contributed by atoms with Crippen LogP contribution in [0.5, 0.6) is 0 Å². The van der Waals surface area contributed by atoms with Crippen molar-refractivity contribution in [2.45, 2.75) is 76.9 Å². The van der Waals surface area contributed by atoms with Crippen LogP contribution in [0.15, 0.2) is 0 Å². The first kappa shape index (κ1) is 19.7. The monoisotopic (exact) mass is 310 g/mol. The van der Waals surface area contributed by atoms with Gasteiger partial charge in [0.2, 0.25) is 5.92 Å². The first-order valence-electron chi connectivity index (χ1n) is 7.56. The van der Waals surface area contributed by atoms with Gasteiger partial charge in [-0.3, -0.25) is 4.79 Å². The lowest BCUT2D eigenvalue weighted by Crippen LogP contribution is -2.21. The van der Waals surface area contributed by atoms with Crippen LogP contribution in [-0.4, -0.2) is 29.5 Å². The normalized spacial score (nSPS) is 13.2. The minimum atomic E-state index is -2.58. The molecule has 0 aromatic carbocycles. The molecule has 0 radical (unpaired) electrons. The smallest absolute Gasteiger partial charge is 0.319 e. The fourth-order valence-corrected chi connectivity index (χ4v) is 2.91.